The van der Waals surface area contributed by atoms with Gasteiger partial charge in [0.1, 0.15) is 0 Å². The second-order valence-corrected chi connectivity index (χ2v) is 2.62. The van der Waals surface area contributed by atoms with Crippen LogP contribution in [0.4, 0.5) is 14.7 Å². The molecule has 1 N–H and O–H groups in total. The summed E-state index contributed by atoms with van der Waals surface area (Å²) >= 11 is 0. The maximum absolute atomic E-state index is 11.8. The van der Waals surface area contributed by atoms with E-state index < -0.39 is 13.0 Å². The standard InChI is InChI=1S/C8H11F2N3O/c1-5-3-7(14-4-6(9)10)13-8(11-2)12-5/h3,6H,4H2,1-2H3,(H,11,12,13). The van der Waals surface area contributed by atoms with Crippen molar-refractivity contribution in [1.29, 1.82) is 0 Å². The van der Waals surface area contributed by atoms with Crippen molar-refractivity contribution in [2.45, 2.75) is 13.3 Å². The summed E-state index contributed by atoms with van der Waals surface area (Å²) in [4.78, 5) is 7.84. The van der Waals surface area contributed by atoms with Gasteiger partial charge in [-0.05, 0) is 6.92 Å². The van der Waals surface area contributed by atoms with Crippen molar-refractivity contribution >= 4 is 5.95 Å². The average Bonchev–Trinajstić information content (AvgIpc) is 2.14. The monoisotopic (exact) mass is 203 g/mol. The highest BCUT2D eigenvalue weighted by atomic mass is 19.3. The number of nitrogens with one attached hydrogen (secondary N) is 1. The number of hydrogen-bond donors (Lipinski definition) is 1. The lowest BCUT2D eigenvalue weighted by Gasteiger charge is -2.06. The molecule has 0 amide bonds. The number of anilines is 1. The molecular weight excluding hydrogens is 192 g/mol. The Hall–Kier alpha value is -1.46. The van der Waals surface area contributed by atoms with Gasteiger partial charge in [0.15, 0.2) is 6.61 Å². The highest BCUT2D eigenvalue weighted by molar-refractivity contribution is 5.29. The third-order valence-corrected chi connectivity index (χ3v) is 1.41. The molecule has 0 atom stereocenters. The Kier molecular flexibility index (Phi) is 3.55. The van der Waals surface area contributed by atoms with Crippen molar-refractivity contribution in [3.63, 3.8) is 0 Å². The van der Waals surface area contributed by atoms with Gasteiger partial charge in [-0.2, -0.15) is 4.98 Å². The second kappa shape index (κ2) is 4.69. The van der Waals surface area contributed by atoms with E-state index in [-0.39, 0.29) is 5.88 Å². The third-order valence-electron chi connectivity index (χ3n) is 1.41. The van der Waals surface area contributed by atoms with Gasteiger partial charge in [-0.15, -0.1) is 0 Å². The summed E-state index contributed by atoms with van der Waals surface area (Å²) in [6, 6.07) is 1.50. The van der Waals surface area contributed by atoms with Gasteiger partial charge < -0.3 is 10.1 Å². The SMILES string of the molecule is CNc1nc(C)cc(OCC(F)F)n1. The minimum Gasteiger partial charge on any atom is -0.471 e. The first-order valence-electron chi connectivity index (χ1n) is 4.06. The van der Waals surface area contributed by atoms with Crippen LogP contribution in [0.25, 0.3) is 0 Å². The summed E-state index contributed by atoms with van der Waals surface area (Å²) in [7, 11) is 1.64. The molecule has 0 aliphatic heterocycles. The van der Waals surface area contributed by atoms with Crippen molar-refractivity contribution in [3.8, 4) is 5.88 Å². The summed E-state index contributed by atoms with van der Waals surface area (Å²) in [5, 5.41) is 2.71. The molecule has 0 aromatic carbocycles. The molecule has 1 heterocycles. The van der Waals surface area contributed by atoms with Gasteiger partial charge in [0.2, 0.25) is 11.8 Å². The first-order valence-corrected chi connectivity index (χ1v) is 4.06. The first-order chi connectivity index (χ1) is 6.61. The summed E-state index contributed by atoms with van der Waals surface area (Å²) < 4.78 is 28.4. The summed E-state index contributed by atoms with van der Waals surface area (Å²) in [6.07, 6.45) is -2.50. The summed E-state index contributed by atoms with van der Waals surface area (Å²) in [5.41, 5.74) is 0.661. The molecule has 0 saturated carbocycles. The van der Waals surface area contributed by atoms with E-state index in [1.54, 1.807) is 14.0 Å². The topological polar surface area (TPSA) is 47.0 Å². The lowest BCUT2D eigenvalue weighted by Crippen LogP contribution is -2.09. The number of halogens is 2. The molecule has 0 radical (unpaired) electrons. The van der Waals surface area contributed by atoms with Crippen molar-refractivity contribution in [2.24, 2.45) is 0 Å². The fourth-order valence-electron chi connectivity index (χ4n) is 0.874. The molecule has 14 heavy (non-hydrogen) atoms. The molecule has 4 nitrogen and oxygen atoms in total. The molecule has 1 rings (SSSR count). The van der Waals surface area contributed by atoms with Crippen LogP contribution in [-0.4, -0.2) is 30.0 Å². The summed E-state index contributed by atoms with van der Waals surface area (Å²) in [5.74, 6) is 0.511. The van der Waals surface area contributed by atoms with Gasteiger partial charge >= 0.3 is 0 Å². The quantitative estimate of drug-likeness (QED) is 0.804. The zero-order chi connectivity index (χ0) is 10.6. The normalized spacial score (nSPS) is 10.4. The molecular formula is C8H11F2N3O. The Morgan fingerprint density at radius 1 is 1.50 bits per heavy atom. The molecule has 6 heteroatoms. The molecule has 0 aliphatic rings. The third kappa shape index (κ3) is 3.12. The van der Waals surface area contributed by atoms with Gasteiger partial charge in [0.05, 0.1) is 0 Å². The van der Waals surface area contributed by atoms with Gasteiger partial charge in [0, 0.05) is 18.8 Å². The number of nitrogens with zero attached hydrogens (tertiary/aromatic N) is 2. The van der Waals surface area contributed by atoms with Crippen LogP contribution in [0.2, 0.25) is 0 Å². The zero-order valence-electron chi connectivity index (χ0n) is 7.92. The van der Waals surface area contributed by atoms with E-state index >= 15 is 0 Å². The van der Waals surface area contributed by atoms with E-state index in [0.29, 0.717) is 11.6 Å². The Balaban J connectivity index is 2.71. The lowest BCUT2D eigenvalue weighted by atomic mass is 10.4. The lowest BCUT2D eigenvalue weighted by molar-refractivity contribution is 0.0795. The van der Waals surface area contributed by atoms with Crippen LogP contribution in [0.5, 0.6) is 5.88 Å². The van der Waals surface area contributed by atoms with Crippen LogP contribution in [0.15, 0.2) is 6.07 Å². The molecule has 1 aromatic rings. The van der Waals surface area contributed by atoms with Gasteiger partial charge in [-0.25, -0.2) is 13.8 Å². The summed E-state index contributed by atoms with van der Waals surface area (Å²) in [6.45, 7) is 1.08. The van der Waals surface area contributed by atoms with Crippen LogP contribution < -0.4 is 10.1 Å². The molecule has 0 spiro atoms. The highest BCUT2D eigenvalue weighted by Crippen LogP contribution is 2.12. The Labute approximate surface area is 80.3 Å². The minimum atomic E-state index is -2.50. The van der Waals surface area contributed by atoms with Crippen molar-refractivity contribution < 1.29 is 13.5 Å². The first kappa shape index (κ1) is 10.6. The van der Waals surface area contributed by atoms with E-state index in [1.807, 2.05) is 0 Å². The van der Waals surface area contributed by atoms with E-state index in [0.717, 1.165) is 0 Å². The van der Waals surface area contributed by atoms with Crippen LogP contribution in [0.3, 0.4) is 0 Å². The number of ether oxygens (including phenoxy) is 1. The maximum Gasteiger partial charge on any atom is 0.272 e. The Bertz CT molecular complexity index is 307. The Morgan fingerprint density at radius 3 is 2.79 bits per heavy atom. The molecule has 0 bridgehead atoms. The van der Waals surface area contributed by atoms with E-state index in [2.05, 4.69) is 15.3 Å². The Morgan fingerprint density at radius 2 is 2.21 bits per heavy atom. The second-order valence-electron chi connectivity index (χ2n) is 2.62. The number of hydrogen-bond acceptors (Lipinski definition) is 4. The minimum absolute atomic E-state index is 0.155. The van der Waals surface area contributed by atoms with E-state index in [4.69, 9.17) is 4.74 Å². The zero-order valence-corrected chi connectivity index (χ0v) is 7.92. The number of rotatable bonds is 4. The van der Waals surface area contributed by atoms with Gasteiger partial charge in [-0.3, -0.25) is 0 Å². The predicted molar refractivity (Wildman–Crippen MR) is 47.8 cm³/mol. The number of alkyl halides is 2. The molecule has 1 aromatic heterocycles. The number of aromatic nitrogens is 2. The van der Waals surface area contributed by atoms with Gasteiger partial charge in [-0.1, -0.05) is 0 Å². The van der Waals surface area contributed by atoms with Gasteiger partial charge in [0.25, 0.3) is 6.43 Å². The van der Waals surface area contributed by atoms with Crippen LogP contribution in [0.1, 0.15) is 5.69 Å². The van der Waals surface area contributed by atoms with Crippen LogP contribution >= 0.6 is 0 Å². The molecule has 0 fully saturated rings. The van der Waals surface area contributed by atoms with Crippen LogP contribution in [0, 0.1) is 6.92 Å². The number of aryl methyl sites for hydroxylation is 1. The van der Waals surface area contributed by atoms with Crippen molar-refractivity contribution in [1.82, 2.24) is 9.97 Å². The van der Waals surface area contributed by atoms with Crippen LogP contribution in [-0.2, 0) is 0 Å². The van der Waals surface area contributed by atoms with E-state index in [9.17, 15) is 8.78 Å². The van der Waals surface area contributed by atoms with Crippen molar-refractivity contribution in [3.05, 3.63) is 11.8 Å². The fourth-order valence-corrected chi connectivity index (χ4v) is 0.874. The smallest absolute Gasteiger partial charge is 0.272 e. The molecule has 0 saturated heterocycles. The fraction of sp³-hybridized carbons (Fsp3) is 0.500. The van der Waals surface area contributed by atoms with Crippen molar-refractivity contribution in [2.75, 3.05) is 19.0 Å². The van der Waals surface area contributed by atoms with E-state index in [1.165, 1.54) is 6.07 Å². The molecule has 0 unspecified atom stereocenters. The highest BCUT2D eigenvalue weighted by Gasteiger charge is 2.06. The average molecular weight is 203 g/mol. The maximum atomic E-state index is 11.8. The molecule has 78 valence electrons. The largest absolute Gasteiger partial charge is 0.471 e. The molecule has 0 aliphatic carbocycles. The predicted octanol–water partition coefficient (Wildman–Crippen LogP) is 1.47.